The lowest BCUT2D eigenvalue weighted by Crippen LogP contribution is -2.60. The van der Waals surface area contributed by atoms with Crippen LogP contribution in [0.3, 0.4) is 0 Å². The van der Waals surface area contributed by atoms with Crippen molar-refractivity contribution in [3.63, 3.8) is 0 Å². The molecule has 0 spiro atoms. The van der Waals surface area contributed by atoms with E-state index >= 15 is 0 Å². The number of carbonyl (C=O) groups excluding carboxylic acids is 1. The zero-order valence-corrected chi connectivity index (χ0v) is 16.0. The predicted molar refractivity (Wildman–Crippen MR) is 97.3 cm³/mol. The lowest BCUT2D eigenvalue weighted by Gasteiger charge is -2.44. The average molecular weight is 341 g/mol. The summed E-state index contributed by atoms with van der Waals surface area (Å²) in [5.41, 5.74) is 0. The van der Waals surface area contributed by atoms with Crippen molar-refractivity contribution < 1.29 is 9.53 Å². The van der Waals surface area contributed by atoms with Gasteiger partial charge in [0, 0.05) is 65.5 Å². The van der Waals surface area contributed by atoms with Crippen LogP contribution in [0.15, 0.2) is 0 Å². The summed E-state index contributed by atoms with van der Waals surface area (Å²) < 4.78 is 5.23. The van der Waals surface area contributed by atoms with Gasteiger partial charge in [-0.2, -0.15) is 0 Å². The smallest absolute Gasteiger partial charge is 0.239 e. The van der Waals surface area contributed by atoms with Crippen molar-refractivity contribution in [1.82, 2.24) is 19.6 Å². The molecule has 2 atom stereocenters. The Balaban J connectivity index is 1.86. The molecule has 6 nitrogen and oxygen atoms in total. The summed E-state index contributed by atoms with van der Waals surface area (Å²) >= 11 is 0. The van der Waals surface area contributed by atoms with Crippen LogP contribution in [0, 0.1) is 0 Å². The van der Waals surface area contributed by atoms with Crippen molar-refractivity contribution in [2.24, 2.45) is 0 Å². The van der Waals surface area contributed by atoms with Gasteiger partial charge in [-0.05, 0) is 19.9 Å². The Hall–Kier alpha value is -0.690. The number of likely N-dealkylation sites (N-methyl/N-ethyl adjacent to an activating group) is 1. The van der Waals surface area contributed by atoms with E-state index in [1.165, 1.54) is 0 Å². The van der Waals surface area contributed by atoms with Crippen molar-refractivity contribution in [1.29, 1.82) is 0 Å². The topological polar surface area (TPSA) is 39.3 Å². The van der Waals surface area contributed by atoms with Gasteiger partial charge in [0.25, 0.3) is 0 Å². The van der Waals surface area contributed by atoms with Gasteiger partial charge >= 0.3 is 0 Å². The van der Waals surface area contributed by atoms with Crippen LogP contribution in [-0.4, -0.2) is 110 Å². The van der Waals surface area contributed by atoms with E-state index < -0.39 is 0 Å². The normalized spacial score (nSPS) is 25.8. The van der Waals surface area contributed by atoms with Crippen LogP contribution in [0.1, 0.15) is 27.2 Å². The Morgan fingerprint density at radius 2 is 1.83 bits per heavy atom. The molecule has 2 aliphatic heterocycles. The fraction of sp³-hybridized carbons (Fsp3) is 0.944. The van der Waals surface area contributed by atoms with Gasteiger partial charge in [0.15, 0.2) is 0 Å². The van der Waals surface area contributed by atoms with E-state index in [-0.39, 0.29) is 6.04 Å². The maximum Gasteiger partial charge on any atom is 0.239 e. The summed E-state index contributed by atoms with van der Waals surface area (Å²) in [6.45, 7) is 16.1. The maximum atomic E-state index is 12.9. The van der Waals surface area contributed by atoms with Crippen LogP contribution in [0.2, 0.25) is 0 Å². The van der Waals surface area contributed by atoms with Crippen LogP contribution in [0.4, 0.5) is 0 Å². The first kappa shape index (κ1) is 19.6. The van der Waals surface area contributed by atoms with E-state index in [9.17, 15) is 4.79 Å². The molecule has 2 heterocycles. The lowest BCUT2D eigenvalue weighted by atomic mass is 10.1. The Kier molecular flexibility index (Phi) is 7.94. The third-order valence-corrected chi connectivity index (χ3v) is 5.73. The monoisotopic (exact) mass is 340 g/mol. The molecule has 0 aromatic rings. The second-order valence-corrected chi connectivity index (χ2v) is 7.02. The van der Waals surface area contributed by atoms with Gasteiger partial charge in [-0.15, -0.1) is 0 Å². The Labute approximate surface area is 147 Å². The Morgan fingerprint density at radius 1 is 1.12 bits per heavy atom. The zero-order valence-electron chi connectivity index (χ0n) is 16.0. The molecule has 6 heteroatoms. The summed E-state index contributed by atoms with van der Waals surface area (Å²) in [5, 5.41) is 0. The summed E-state index contributed by atoms with van der Waals surface area (Å²) in [4.78, 5) is 22.2. The molecule has 2 rings (SSSR count). The quantitative estimate of drug-likeness (QED) is 0.678. The largest absolute Gasteiger partial charge is 0.383 e. The van der Waals surface area contributed by atoms with Gasteiger partial charge < -0.3 is 14.5 Å². The van der Waals surface area contributed by atoms with Gasteiger partial charge in [0.2, 0.25) is 5.91 Å². The van der Waals surface area contributed by atoms with Crippen molar-refractivity contribution in [3.8, 4) is 0 Å². The van der Waals surface area contributed by atoms with E-state index in [2.05, 4.69) is 40.4 Å². The molecule has 2 aliphatic rings. The second-order valence-electron chi connectivity index (χ2n) is 7.02. The molecular weight excluding hydrogens is 304 g/mol. The molecule has 0 aromatic carbocycles. The lowest BCUT2D eigenvalue weighted by molar-refractivity contribution is -0.139. The highest BCUT2D eigenvalue weighted by Gasteiger charge is 2.33. The van der Waals surface area contributed by atoms with Gasteiger partial charge in [-0.25, -0.2) is 0 Å². The van der Waals surface area contributed by atoms with Gasteiger partial charge in [0.05, 0.1) is 12.6 Å². The molecule has 2 fully saturated rings. The number of piperazine rings is 2. The van der Waals surface area contributed by atoms with Crippen LogP contribution in [0.25, 0.3) is 0 Å². The fourth-order valence-corrected chi connectivity index (χ4v) is 3.86. The van der Waals surface area contributed by atoms with E-state index in [0.29, 0.717) is 11.9 Å². The molecule has 0 aliphatic carbocycles. The van der Waals surface area contributed by atoms with Crippen molar-refractivity contribution in [3.05, 3.63) is 0 Å². The number of amides is 1. The minimum Gasteiger partial charge on any atom is -0.383 e. The molecular formula is C18H36N4O2. The highest BCUT2D eigenvalue weighted by molar-refractivity contribution is 5.81. The molecule has 0 saturated carbocycles. The molecule has 0 unspecified atom stereocenters. The molecule has 0 radical (unpaired) electrons. The number of carbonyl (C=O) groups is 1. The van der Waals surface area contributed by atoms with Crippen molar-refractivity contribution in [2.45, 2.75) is 39.3 Å². The first-order valence-electron chi connectivity index (χ1n) is 9.58. The number of ether oxygens (including phenoxy) is 1. The van der Waals surface area contributed by atoms with Crippen LogP contribution >= 0.6 is 0 Å². The minimum absolute atomic E-state index is 0.00296. The first-order chi connectivity index (χ1) is 11.6. The Morgan fingerprint density at radius 3 is 2.42 bits per heavy atom. The second kappa shape index (κ2) is 9.70. The zero-order chi connectivity index (χ0) is 17.5. The molecule has 0 aromatic heterocycles. The summed E-state index contributed by atoms with van der Waals surface area (Å²) in [6.07, 6.45) is 1.12. The SMILES string of the molecule is CC[C@@H]1CN([C@@H](C)C(=O)N2CCN(CC)CC2)CCN1CCOC. The Bertz CT molecular complexity index is 385. The average Bonchev–Trinajstić information content (AvgIpc) is 2.65. The molecule has 2 saturated heterocycles. The summed E-state index contributed by atoms with van der Waals surface area (Å²) in [7, 11) is 1.76. The van der Waals surface area contributed by atoms with Gasteiger partial charge in [-0.3, -0.25) is 14.6 Å². The van der Waals surface area contributed by atoms with Crippen molar-refractivity contribution in [2.75, 3.05) is 72.6 Å². The van der Waals surface area contributed by atoms with Gasteiger partial charge in [0.1, 0.15) is 0 Å². The van der Waals surface area contributed by atoms with Crippen LogP contribution < -0.4 is 0 Å². The van der Waals surface area contributed by atoms with E-state index in [4.69, 9.17) is 4.74 Å². The summed E-state index contributed by atoms with van der Waals surface area (Å²) in [6, 6.07) is 0.526. The highest BCUT2D eigenvalue weighted by atomic mass is 16.5. The van der Waals surface area contributed by atoms with E-state index in [1.54, 1.807) is 7.11 Å². The number of hydrogen-bond acceptors (Lipinski definition) is 5. The number of hydrogen-bond donors (Lipinski definition) is 0. The maximum absolute atomic E-state index is 12.9. The van der Waals surface area contributed by atoms with Crippen LogP contribution in [-0.2, 0) is 9.53 Å². The van der Waals surface area contributed by atoms with Crippen molar-refractivity contribution >= 4 is 5.91 Å². The third-order valence-electron chi connectivity index (χ3n) is 5.73. The molecule has 0 N–H and O–H groups in total. The fourth-order valence-electron chi connectivity index (χ4n) is 3.86. The standard InChI is InChI=1S/C18H36N4O2/c1-5-17-15-22(12-11-20(17)13-14-24-4)16(3)18(23)21-9-7-19(6-2)8-10-21/h16-17H,5-15H2,1-4H3/t16-,17+/m0/s1. The first-order valence-corrected chi connectivity index (χ1v) is 9.58. The highest BCUT2D eigenvalue weighted by Crippen LogP contribution is 2.17. The summed E-state index contributed by atoms with van der Waals surface area (Å²) in [5.74, 6) is 0.311. The third kappa shape index (κ3) is 4.91. The molecule has 0 bridgehead atoms. The molecule has 140 valence electrons. The number of methoxy groups -OCH3 is 1. The number of nitrogens with zero attached hydrogens (tertiary/aromatic N) is 4. The molecule has 1 amide bonds. The molecule has 24 heavy (non-hydrogen) atoms. The van der Waals surface area contributed by atoms with Crippen LogP contribution in [0.5, 0.6) is 0 Å². The minimum atomic E-state index is -0.00296. The van der Waals surface area contributed by atoms with E-state index in [1.807, 2.05) is 0 Å². The van der Waals surface area contributed by atoms with Gasteiger partial charge in [-0.1, -0.05) is 13.8 Å². The van der Waals surface area contributed by atoms with E-state index in [0.717, 1.165) is 71.9 Å². The predicted octanol–water partition coefficient (Wildman–Crippen LogP) is 0.582. The number of rotatable bonds is 7.